The number of halogens is 1. The van der Waals surface area contributed by atoms with Crippen LogP contribution < -0.4 is 0 Å². The minimum atomic E-state index is -1.30. The van der Waals surface area contributed by atoms with Gasteiger partial charge in [0.05, 0.1) is 11.5 Å². The SMILES string of the molecule is C[C@H](c1ccon1)N(C)C(=O)C[C@@]1(c2ccccc2Cl)CC(=O)N(C2CCCC2)C1=O. The summed E-state index contributed by atoms with van der Waals surface area (Å²) < 4.78 is 4.90. The van der Waals surface area contributed by atoms with Crippen molar-refractivity contribution >= 4 is 29.3 Å². The Balaban J connectivity index is 1.69. The molecule has 0 bridgehead atoms. The predicted octanol–water partition coefficient (Wildman–Crippen LogP) is 3.88. The first-order chi connectivity index (χ1) is 14.8. The van der Waals surface area contributed by atoms with Crippen molar-refractivity contribution in [2.75, 3.05) is 7.05 Å². The summed E-state index contributed by atoms with van der Waals surface area (Å²) in [6.07, 6.45) is 4.89. The van der Waals surface area contributed by atoms with E-state index in [0.717, 1.165) is 25.7 Å². The van der Waals surface area contributed by atoms with E-state index < -0.39 is 5.41 Å². The lowest BCUT2D eigenvalue weighted by Crippen LogP contribution is -2.45. The van der Waals surface area contributed by atoms with Crippen LogP contribution in [0.25, 0.3) is 0 Å². The van der Waals surface area contributed by atoms with Gasteiger partial charge in [-0.3, -0.25) is 19.3 Å². The highest BCUT2D eigenvalue weighted by atomic mass is 35.5. The van der Waals surface area contributed by atoms with E-state index in [-0.39, 0.29) is 42.6 Å². The van der Waals surface area contributed by atoms with Gasteiger partial charge in [-0.25, -0.2) is 0 Å². The average Bonchev–Trinajstić information content (AvgIpc) is 3.50. The summed E-state index contributed by atoms with van der Waals surface area (Å²) in [4.78, 5) is 43.1. The summed E-state index contributed by atoms with van der Waals surface area (Å²) >= 11 is 6.49. The third kappa shape index (κ3) is 3.76. The number of amides is 3. The summed E-state index contributed by atoms with van der Waals surface area (Å²) in [5, 5.41) is 4.30. The third-order valence-corrected chi connectivity index (χ3v) is 7.07. The Hall–Kier alpha value is -2.67. The monoisotopic (exact) mass is 443 g/mol. The molecule has 164 valence electrons. The number of nitrogens with zero attached hydrogens (tertiary/aromatic N) is 3. The number of carbonyl (C=O) groups excluding carboxylic acids is 3. The molecule has 3 amide bonds. The maximum atomic E-state index is 13.8. The normalized spacial score (nSPS) is 22.9. The van der Waals surface area contributed by atoms with Crippen molar-refractivity contribution in [2.45, 2.75) is 62.9 Å². The van der Waals surface area contributed by atoms with E-state index in [2.05, 4.69) is 5.16 Å². The van der Waals surface area contributed by atoms with Crippen molar-refractivity contribution in [3.05, 3.63) is 52.9 Å². The van der Waals surface area contributed by atoms with E-state index in [9.17, 15) is 14.4 Å². The number of carbonyl (C=O) groups is 3. The van der Waals surface area contributed by atoms with E-state index >= 15 is 0 Å². The van der Waals surface area contributed by atoms with Crippen molar-refractivity contribution in [1.82, 2.24) is 15.0 Å². The molecule has 1 aromatic carbocycles. The second-order valence-corrected chi connectivity index (χ2v) is 8.93. The van der Waals surface area contributed by atoms with Crippen LogP contribution in [-0.2, 0) is 19.8 Å². The lowest BCUT2D eigenvalue weighted by atomic mass is 9.75. The zero-order valence-corrected chi connectivity index (χ0v) is 18.5. The first kappa shape index (κ1) is 21.6. The van der Waals surface area contributed by atoms with Crippen LogP contribution in [0.15, 0.2) is 41.1 Å². The van der Waals surface area contributed by atoms with Gasteiger partial charge in [-0.15, -0.1) is 0 Å². The molecule has 7 nitrogen and oxygen atoms in total. The molecule has 1 saturated heterocycles. The Morgan fingerprint density at radius 2 is 2.00 bits per heavy atom. The van der Waals surface area contributed by atoms with E-state index in [4.69, 9.17) is 16.1 Å². The summed E-state index contributed by atoms with van der Waals surface area (Å²) in [5.74, 6) is -0.796. The highest BCUT2D eigenvalue weighted by Crippen LogP contribution is 2.45. The van der Waals surface area contributed by atoms with Gasteiger partial charge in [-0.2, -0.15) is 0 Å². The lowest BCUT2D eigenvalue weighted by molar-refractivity contribution is -0.145. The zero-order chi connectivity index (χ0) is 22.2. The molecule has 0 N–H and O–H groups in total. The van der Waals surface area contributed by atoms with Crippen molar-refractivity contribution in [2.24, 2.45) is 0 Å². The molecule has 1 aliphatic carbocycles. The topological polar surface area (TPSA) is 83.7 Å². The molecule has 4 rings (SSSR count). The van der Waals surface area contributed by atoms with Crippen LogP contribution >= 0.6 is 11.6 Å². The molecule has 2 heterocycles. The molecule has 1 aliphatic heterocycles. The number of benzene rings is 1. The quantitative estimate of drug-likeness (QED) is 0.632. The molecule has 1 aromatic heterocycles. The molecule has 0 radical (unpaired) electrons. The number of hydrogen-bond acceptors (Lipinski definition) is 5. The standard InChI is InChI=1S/C23H26ClN3O4/c1-15(19-11-12-31-25-19)26(2)20(28)13-23(17-9-5-6-10-18(17)24)14-21(29)27(22(23)30)16-7-3-4-8-16/h5-6,9-12,15-16H,3-4,7-8,13-14H2,1-2H3/t15-,23+/m1/s1. The molecule has 31 heavy (non-hydrogen) atoms. The minimum Gasteiger partial charge on any atom is -0.364 e. The Kier molecular flexibility index (Phi) is 5.88. The summed E-state index contributed by atoms with van der Waals surface area (Å²) in [7, 11) is 1.66. The highest BCUT2D eigenvalue weighted by molar-refractivity contribution is 6.32. The van der Waals surface area contributed by atoms with E-state index in [0.29, 0.717) is 16.3 Å². The molecule has 1 saturated carbocycles. The molecule has 2 atom stereocenters. The van der Waals surface area contributed by atoms with Gasteiger partial charge in [-0.05, 0) is 31.4 Å². The van der Waals surface area contributed by atoms with Crippen LogP contribution in [0.4, 0.5) is 0 Å². The smallest absolute Gasteiger partial charge is 0.241 e. The summed E-state index contributed by atoms with van der Waals surface area (Å²) in [5.41, 5.74) is -0.150. The van der Waals surface area contributed by atoms with Crippen LogP contribution in [-0.4, -0.2) is 45.8 Å². The fourth-order valence-electron chi connectivity index (χ4n) is 4.82. The van der Waals surface area contributed by atoms with E-state index in [1.54, 1.807) is 37.4 Å². The van der Waals surface area contributed by atoms with Crippen molar-refractivity contribution in [3.8, 4) is 0 Å². The van der Waals surface area contributed by atoms with Crippen LogP contribution in [0, 0.1) is 0 Å². The number of aromatic nitrogens is 1. The van der Waals surface area contributed by atoms with Gasteiger partial charge in [-0.1, -0.05) is 47.8 Å². The van der Waals surface area contributed by atoms with Gasteiger partial charge in [0.1, 0.15) is 12.0 Å². The Morgan fingerprint density at radius 1 is 1.29 bits per heavy atom. The first-order valence-corrected chi connectivity index (χ1v) is 11.0. The second kappa shape index (κ2) is 8.46. The molecule has 2 aromatic rings. The minimum absolute atomic E-state index is 0.0516. The van der Waals surface area contributed by atoms with Gasteiger partial charge in [0.25, 0.3) is 0 Å². The maximum absolute atomic E-state index is 13.8. The van der Waals surface area contributed by atoms with Gasteiger partial charge < -0.3 is 9.42 Å². The van der Waals surface area contributed by atoms with E-state index in [1.807, 2.05) is 6.92 Å². The van der Waals surface area contributed by atoms with Crippen molar-refractivity contribution in [1.29, 1.82) is 0 Å². The Bertz CT molecular complexity index is 986. The number of imide groups is 1. The Labute approximate surface area is 186 Å². The van der Waals surface area contributed by atoms with Crippen LogP contribution in [0.5, 0.6) is 0 Å². The fraction of sp³-hybridized carbons (Fsp3) is 0.478. The summed E-state index contributed by atoms with van der Waals surface area (Å²) in [6.45, 7) is 1.84. The van der Waals surface area contributed by atoms with Gasteiger partial charge in [0.15, 0.2) is 0 Å². The van der Waals surface area contributed by atoms with Crippen LogP contribution in [0.2, 0.25) is 5.02 Å². The fourth-order valence-corrected chi connectivity index (χ4v) is 5.14. The average molecular weight is 444 g/mol. The second-order valence-electron chi connectivity index (χ2n) is 8.53. The lowest BCUT2D eigenvalue weighted by Gasteiger charge is -2.32. The molecule has 0 spiro atoms. The van der Waals surface area contributed by atoms with E-state index in [1.165, 1.54) is 16.1 Å². The van der Waals surface area contributed by atoms with Crippen LogP contribution in [0.3, 0.4) is 0 Å². The first-order valence-electron chi connectivity index (χ1n) is 10.6. The molecule has 2 fully saturated rings. The molecule has 0 unspecified atom stereocenters. The Morgan fingerprint density at radius 3 is 2.65 bits per heavy atom. The summed E-state index contributed by atoms with van der Waals surface area (Å²) in [6, 6.07) is 8.27. The van der Waals surface area contributed by atoms with Crippen LogP contribution in [0.1, 0.15) is 62.7 Å². The molecule has 8 heteroatoms. The number of hydrogen-bond donors (Lipinski definition) is 0. The molecular formula is C23H26ClN3O4. The highest BCUT2D eigenvalue weighted by Gasteiger charge is 2.56. The molecule has 2 aliphatic rings. The largest absolute Gasteiger partial charge is 0.364 e. The van der Waals surface area contributed by atoms with Crippen molar-refractivity contribution < 1.29 is 18.9 Å². The number of rotatable bonds is 6. The zero-order valence-electron chi connectivity index (χ0n) is 17.7. The molecular weight excluding hydrogens is 418 g/mol. The van der Waals surface area contributed by atoms with Gasteiger partial charge in [0, 0.05) is 37.0 Å². The number of likely N-dealkylation sites (tertiary alicyclic amines) is 1. The van der Waals surface area contributed by atoms with Crippen molar-refractivity contribution in [3.63, 3.8) is 0 Å². The van der Waals surface area contributed by atoms with Gasteiger partial charge in [0.2, 0.25) is 17.7 Å². The van der Waals surface area contributed by atoms with Gasteiger partial charge >= 0.3 is 0 Å². The predicted molar refractivity (Wildman–Crippen MR) is 114 cm³/mol. The third-order valence-electron chi connectivity index (χ3n) is 6.74. The maximum Gasteiger partial charge on any atom is 0.241 e.